The molecule has 0 spiro atoms. The van der Waals surface area contributed by atoms with Gasteiger partial charge in [-0.25, -0.2) is 21.9 Å². The molecule has 0 saturated carbocycles. The molecule has 0 aliphatic rings. The third-order valence-corrected chi connectivity index (χ3v) is 3.72. The molecule has 1 N–H and O–H groups in total. The molecule has 0 radical (unpaired) electrons. The second kappa shape index (κ2) is 5.41. The highest BCUT2D eigenvalue weighted by molar-refractivity contribution is 7.89. The number of halogens is 2. The summed E-state index contributed by atoms with van der Waals surface area (Å²) in [6.45, 7) is -0.00565. The van der Waals surface area contributed by atoms with Gasteiger partial charge in [0.2, 0.25) is 10.0 Å². The van der Waals surface area contributed by atoms with Gasteiger partial charge in [0.1, 0.15) is 11.6 Å². The maximum Gasteiger partial charge on any atom is 0.241 e. The van der Waals surface area contributed by atoms with Gasteiger partial charge < -0.3 is 0 Å². The molecule has 0 atom stereocenters. The molecule has 0 saturated heterocycles. The van der Waals surface area contributed by atoms with E-state index in [1.54, 1.807) is 18.3 Å². The molecule has 19 heavy (non-hydrogen) atoms. The second-order valence-electron chi connectivity index (χ2n) is 3.79. The van der Waals surface area contributed by atoms with Crippen molar-refractivity contribution in [2.45, 2.75) is 11.4 Å². The molecular formula is C12H10F2N2O2S. The zero-order valence-electron chi connectivity index (χ0n) is 9.68. The van der Waals surface area contributed by atoms with E-state index in [0.717, 1.165) is 12.1 Å². The third kappa shape index (κ3) is 3.55. The van der Waals surface area contributed by atoms with Crippen molar-refractivity contribution in [2.75, 3.05) is 0 Å². The number of hydrogen-bond acceptors (Lipinski definition) is 3. The van der Waals surface area contributed by atoms with Crippen LogP contribution in [0.25, 0.3) is 0 Å². The van der Waals surface area contributed by atoms with Crippen molar-refractivity contribution in [3.05, 3.63) is 59.9 Å². The van der Waals surface area contributed by atoms with E-state index in [1.807, 2.05) is 0 Å². The van der Waals surface area contributed by atoms with Crippen LogP contribution in [-0.4, -0.2) is 13.4 Å². The SMILES string of the molecule is O=S(=O)(NCc1cccnc1)c1cc(F)cc(F)c1. The molecule has 0 bridgehead atoms. The fourth-order valence-electron chi connectivity index (χ4n) is 1.45. The van der Waals surface area contributed by atoms with Gasteiger partial charge in [0.25, 0.3) is 0 Å². The molecule has 1 heterocycles. The number of sulfonamides is 1. The number of aromatic nitrogens is 1. The van der Waals surface area contributed by atoms with Gasteiger partial charge in [-0.3, -0.25) is 4.98 Å². The first kappa shape index (κ1) is 13.6. The maximum absolute atomic E-state index is 13.0. The summed E-state index contributed by atoms with van der Waals surface area (Å²) in [6, 6.07) is 5.47. The van der Waals surface area contributed by atoms with Gasteiger partial charge >= 0.3 is 0 Å². The zero-order valence-corrected chi connectivity index (χ0v) is 10.5. The first-order chi connectivity index (χ1) is 8.97. The lowest BCUT2D eigenvalue weighted by atomic mass is 10.3. The molecule has 7 heteroatoms. The Morgan fingerprint density at radius 2 is 1.84 bits per heavy atom. The third-order valence-electron chi connectivity index (χ3n) is 2.34. The summed E-state index contributed by atoms with van der Waals surface area (Å²) in [5.41, 5.74) is 0.642. The van der Waals surface area contributed by atoms with Crippen LogP contribution in [0.3, 0.4) is 0 Å². The van der Waals surface area contributed by atoms with Gasteiger partial charge in [-0.05, 0) is 23.8 Å². The topological polar surface area (TPSA) is 59.1 Å². The first-order valence-electron chi connectivity index (χ1n) is 5.32. The highest BCUT2D eigenvalue weighted by Gasteiger charge is 2.16. The molecule has 100 valence electrons. The predicted octanol–water partition coefficient (Wildman–Crippen LogP) is 1.84. The van der Waals surface area contributed by atoms with E-state index in [-0.39, 0.29) is 6.54 Å². The second-order valence-corrected chi connectivity index (χ2v) is 5.56. The lowest BCUT2D eigenvalue weighted by Gasteiger charge is -2.07. The van der Waals surface area contributed by atoms with Gasteiger partial charge in [-0.1, -0.05) is 6.07 Å². The Hall–Kier alpha value is -1.86. The fraction of sp³-hybridized carbons (Fsp3) is 0.0833. The Bertz CT molecular complexity index is 655. The molecule has 0 aliphatic heterocycles. The number of rotatable bonds is 4. The lowest BCUT2D eigenvalue weighted by Crippen LogP contribution is -2.23. The molecule has 4 nitrogen and oxygen atoms in total. The number of hydrogen-bond donors (Lipinski definition) is 1. The molecule has 1 aromatic heterocycles. The minimum atomic E-state index is -3.96. The van der Waals surface area contributed by atoms with E-state index in [9.17, 15) is 17.2 Å². The van der Waals surface area contributed by atoms with Gasteiger partial charge in [0.05, 0.1) is 4.90 Å². The summed E-state index contributed by atoms with van der Waals surface area (Å²) < 4.78 is 51.9. The average molecular weight is 284 g/mol. The highest BCUT2D eigenvalue weighted by atomic mass is 32.2. The summed E-state index contributed by atoms with van der Waals surface area (Å²) in [5, 5.41) is 0. The normalized spacial score (nSPS) is 11.5. The molecule has 2 aromatic rings. The van der Waals surface area contributed by atoms with Gasteiger partial charge in [-0.2, -0.15) is 0 Å². The fourth-order valence-corrected chi connectivity index (χ4v) is 2.51. The largest absolute Gasteiger partial charge is 0.264 e. The Morgan fingerprint density at radius 1 is 1.16 bits per heavy atom. The molecule has 2 rings (SSSR count). The highest BCUT2D eigenvalue weighted by Crippen LogP contribution is 2.13. The molecule has 0 amide bonds. The Morgan fingerprint density at radius 3 is 2.42 bits per heavy atom. The van der Waals surface area contributed by atoms with E-state index in [0.29, 0.717) is 11.6 Å². The van der Waals surface area contributed by atoms with Crippen LogP contribution in [0.5, 0.6) is 0 Å². The number of nitrogens with one attached hydrogen (secondary N) is 1. The smallest absolute Gasteiger partial charge is 0.241 e. The molecule has 0 aliphatic carbocycles. The summed E-state index contributed by atoms with van der Waals surface area (Å²) >= 11 is 0. The maximum atomic E-state index is 13.0. The van der Waals surface area contributed by atoms with Crippen molar-refractivity contribution in [1.29, 1.82) is 0 Å². The molecule has 0 unspecified atom stereocenters. The quantitative estimate of drug-likeness (QED) is 0.932. The number of pyridine rings is 1. The van der Waals surface area contributed by atoms with Crippen LogP contribution in [0.4, 0.5) is 8.78 Å². The first-order valence-corrected chi connectivity index (χ1v) is 6.80. The average Bonchev–Trinajstić information content (AvgIpc) is 2.37. The summed E-state index contributed by atoms with van der Waals surface area (Å²) in [4.78, 5) is 3.38. The van der Waals surface area contributed by atoms with Crippen LogP contribution in [-0.2, 0) is 16.6 Å². The van der Waals surface area contributed by atoms with Crippen molar-refractivity contribution >= 4 is 10.0 Å². The lowest BCUT2D eigenvalue weighted by molar-refractivity contribution is 0.561. The van der Waals surface area contributed by atoms with Gasteiger partial charge in [-0.15, -0.1) is 0 Å². The van der Waals surface area contributed by atoms with Crippen LogP contribution in [0.15, 0.2) is 47.6 Å². The van der Waals surface area contributed by atoms with Crippen LogP contribution in [0, 0.1) is 11.6 Å². The van der Waals surface area contributed by atoms with Crippen molar-refractivity contribution in [2.24, 2.45) is 0 Å². The molecular weight excluding hydrogens is 274 g/mol. The van der Waals surface area contributed by atoms with E-state index in [4.69, 9.17) is 0 Å². The molecule has 1 aromatic carbocycles. The van der Waals surface area contributed by atoms with Crippen molar-refractivity contribution in [1.82, 2.24) is 9.71 Å². The number of nitrogens with zero attached hydrogens (tertiary/aromatic N) is 1. The molecule has 0 fully saturated rings. The Kier molecular flexibility index (Phi) is 3.87. The van der Waals surface area contributed by atoms with Crippen LogP contribution >= 0.6 is 0 Å². The van der Waals surface area contributed by atoms with Crippen LogP contribution < -0.4 is 4.72 Å². The van der Waals surface area contributed by atoms with Crippen LogP contribution in [0.2, 0.25) is 0 Å². The van der Waals surface area contributed by atoms with Gasteiger partial charge in [0, 0.05) is 25.0 Å². The van der Waals surface area contributed by atoms with Crippen molar-refractivity contribution in [3.63, 3.8) is 0 Å². The Balaban J connectivity index is 2.19. The Labute approximate surface area is 109 Å². The zero-order chi connectivity index (χ0) is 13.9. The summed E-state index contributed by atoms with van der Waals surface area (Å²) in [7, 11) is -3.96. The van der Waals surface area contributed by atoms with E-state index >= 15 is 0 Å². The summed E-state index contributed by atoms with van der Waals surface area (Å²) in [5.74, 6) is -1.89. The standard InChI is InChI=1S/C12H10F2N2O2S/c13-10-4-11(14)6-12(5-10)19(17,18)16-8-9-2-1-3-15-7-9/h1-7,16H,8H2. The van der Waals surface area contributed by atoms with E-state index in [2.05, 4.69) is 9.71 Å². The summed E-state index contributed by atoms with van der Waals surface area (Å²) in [6.07, 6.45) is 3.05. The predicted molar refractivity (Wildman–Crippen MR) is 64.6 cm³/mol. The van der Waals surface area contributed by atoms with Gasteiger partial charge in [0.15, 0.2) is 0 Å². The van der Waals surface area contributed by atoms with Crippen molar-refractivity contribution < 1.29 is 17.2 Å². The van der Waals surface area contributed by atoms with E-state index < -0.39 is 26.6 Å². The van der Waals surface area contributed by atoms with Crippen molar-refractivity contribution in [3.8, 4) is 0 Å². The minimum absolute atomic E-state index is 0.00565. The number of benzene rings is 1. The van der Waals surface area contributed by atoms with E-state index in [1.165, 1.54) is 6.20 Å². The monoisotopic (exact) mass is 284 g/mol. The minimum Gasteiger partial charge on any atom is -0.264 e. The van der Waals surface area contributed by atoms with Crippen LogP contribution in [0.1, 0.15) is 5.56 Å².